The molecule has 0 saturated carbocycles. The first-order valence-electron chi connectivity index (χ1n) is 8.59. The van der Waals surface area contributed by atoms with E-state index in [2.05, 4.69) is 31.2 Å². The van der Waals surface area contributed by atoms with E-state index >= 15 is 0 Å². The molecule has 1 unspecified atom stereocenters. The van der Waals surface area contributed by atoms with E-state index in [0.717, 1.165) is 37.0 Å². The van der Waals surface area contributed by atoms with Crippen LogP contribution in [-0.4, -0.2) is 42.0 Å². The Hall–Kier alpha value is -1.49. The third-order valence-electron chi connectivity index (χ3n) is 3.74. The monoisotopic (exact) mass is 308 g/mol. The minimum Gasteiger partial charge on any atom is -0.486 e. The summed E-state index contributed by atoms with van der Waals surface area (Å²) in [4.78, 5) is 7.01. The summed E-state index contributed by atoms with van der Waals surface area (Å²) in [5.41, 5.74) is 4.54. The minimum atomic E-state index is 0.438. The molecule has 3 rings (SSSR count). The Morgan fingerprint density at radius 1 is 1.32 bits per heavy atom. The Kier molecular flexibility index (Phi) is 7.45. The molecule has 0 spiro atoms. The van der Waals surface area contributed by atoms with Crippen LogP contribution in [0.2, 0.25) is 0 Å². The van der Waals surface area contributed by atoms with E-state index in [0.29, 0.717) is 6.04 Å². The number of fused-ring (bicyclic) bond motifs is 2. The number of ether oxygens (including phenoxy) is 1. The molecule has 22 heavy (non-hydrogen) atoms. The van der Waals surface area contributed by atoms with Crippen LogP contribution in [0, 0.1) is 0 Å². The fourth-order valence-electron chi connectivity index (χ4n) is 2.59. The lowest BCUT2D eigenvalue weighted by atomic mass is 10.1. The van der Waals surface area contributed by atoms with Gasteiger partial charge in [0.05, 0.1) is 12.2 Å². The van der Waals surface area contributed by atoms with Crippen molar-refractivity contribution >= 4 is 5.84 Å². The number of morpholine rings is 1. The van der Waals surface area contributed by atoms with E-state index in [1.165, 1.54) is 12.0 Å². The largest absolute Gasteiger partial charge is 0.486 e. The smallest absolute Gasteiger partial charge is 0.179 e. The summed E-state index contributed by atoms with van der Waals surface area (Å²) in [5, 5.41) is 1.96. The lowest BCUT2D eigenvalue weighted by Crippen LogP contribution is -2.48. The molecule has 126 valence electrons. The van der Waals surface area contributed by atoms with Crippen LogP contribution in [0.25, 0.3) is 0 Å². The van der Waals surface area contributed by atoms with E-state index < -0.39 is 0 Å². The molecule has 0 radical (unpaired) electrons. The molecule has 3 aliphatic heterocycles. The van der Waals surface area contributed by atoms with Gasteiger partial charge in [0.2, 0.25) is 0 Å². The first kappa shape index (κ1) is 18.6. The fourth-order valence-corrected chi connectivity index (χ4v) is 2.59. The van der Waals surface area contributed by atoms with Crippen molar-refractivity contribution in [3.05, 3.63) is 23.4 Å². The van der Waals surface area contributed by atoms with Gasteiger partial charge in [0.1, 0.15) is 12.4 Å². The lowest BCUT2D eigenvalue weighted by Gasteiger charge is -2.38. The number of hydrazine groups is 1. The molecule has 1 N–H and O–H groups in total. The highest BCUT2D eigenvalue weighted by molar-refractivity contribution is 5.98. The summed E-state index contributed by atoms with van der Waals surface area (Å²) in [5.74, 6) is 2.85. The second-order valence-corrected chi connectivity index (χ2v) is 5.10. The Balaban J connectivity index is 0.000000561. The third-order valence-corrected chi connectivity index (χ3v) is 3.74. The first-order chi connectivity index (χ1) is 10.7. The van der Waals surface area contributed by atoms with Crippen molar-refractivity contribution < 1.29 is 4.74 Å². The van der Waals surface area contributed by atoms with Crippen molar-refractivity contribution in [2.75, 3.05) is 20.2 Å². The number of likely N-dealkylation sites (N-methyl/N-ethyl adjacent to an activating group) is 1. The number of hydrogen-bond donors (Lipinski definition) is 1. The maximum Gasteiger partial charge on any atom is 0.179 e. The van der Waals surface area contributed by atoms with Crippen LogP contribution in [0.15, 0.2) is 28.3 Å². The van der Waals surface area contributed by atoms with Crippen LogP contribution in [-0.2, 0) is 4.74 Å². The third kappa shape index (κ3) is 3.64. The van der Waals surface area contributed by atoms with Crippen molar-refractivity contribution in [2.24, 2.45) is 4.99 Å². The molecule has 5 nitrogen and oxygen atoms in total. The molecule has 0 aromatic heterocycles. The van der Waals surface area contributed by atoms with Crippen LogP contribution in [0.4, 0.5) is 0 Å². The maximum atomic E-state index is 5.85. The fraction of sp³-hybridized carbons (Fsp3) is 0.706. The Morgan fingerprint density at radius 3 is 2.64 bits per heavy atom. The van der Waals surface area contributed by atoms with Crippen LogP contribution < -0.4 is 5.43 Å². The maximum absolute atomic E-state index is 5.85. The highest BCUT2D eigenvalue weighted by Crippen LogP contribution is 2.28. The second-order valence-electron chi connectivity index (χ2n) is 5.10. The van der Waals surface area contributed by atoms with Gasteiger partial charge in [-0.25, -0.2) is 10.4 Å². The standard InChI is InChI=1S/C13H20N4O.2C2H6/c1-4-5-10-8-18-11-7-17-12(9(2)6-14-17)15-13(11)16(10)3;2*1-2/h7,10,14H,4-6,8H2,1-3H3;2*1-2H3. The predicted octanol–water partition coefficient (Wildman–Crippen LogP) is 3.47. The minimum absolute atomic E-state index is 0.438. The van der Waals surface area contributed by atoms with E-state index in [1.54, 1.807) is 0 Å². The summed E-state index contributed by atoms with van der Waals surface area (Å²) in [6, 6.07) is 0.438. The summed E-state index contributed by atoms with van der Waals surface area (Å²) < 4.78 is 5.85. The summed E-state index contributed by atoms with van der Waals surface area (Å²) in [7, 11) is 2.11. The summed E-state index contributed by atoms with van der Waals surface area (Å²) >= 11 is 0. The molecule has 3 aliphatic rings. The van der Waals surface area contributed by atoms with Crippen molar-refractivity contribution in [3.63, 3.8) is 0 Å². The zero-order valence-corrected chi connectivity index (χ0v) is 15.2. The van der Waals surface area contributed by atoms with Crippen LogP contribution in [0.5, 0.6) is 0 Å². The summed E-state index contributed by atoms with van der Waals surface area (Å²) in [6.07, 6.45) is 4.32. The quantitative estimate of drug-likeness (QED) is 0.848. The molecule has 5 heteroatoms. The molecule has 3 heterocycles. The molecule has 1 atom stereocenters. The molecule has 0 aromatic carbocycles. The average molecular weight is 308 g/mol. The van der Waals surface area contributed by atoms with Gasteiger partial charge >= 0.3 is 0 Å². The van der Waals surface area contributed by atoms with Gasteiger partial charge < -0.3 is 9.64 Å². The van der Waals surface area contributed by atoms with Gasteiger partial charge in [-0.15, -0.1) is 0 Å². The second kappa shape index (κ2) is 8.83. The predicted molar refractivity (Wildman–Crippen MR) is 93.2 cm³/mol. The highest BCUT2D eigenvalue weighted by atomic mass is 16.5. The Morgan fingerprint density at radius 2 is 2.00 bits per heavy atom. The number of aliphatic imine (C=N–C) groups is 1. The number of rotatable bonds is 2. The number of nitrogens with one attached hydrogen (secondary N) is 1. The molecular weight excluding hydrogens is 276 g/mol. The van der Waals surface area contributed by atoms with Crippen molar-refractivity contribution in [3.8, 4) is 0 Å². The lowest BCUT2D eigenvalue weighted by molar-refractivity contribution is 0.114. The molecular formula is C17H32N4O. The molecule has 0 bridgehead atoms. The van der Waals surface area contributed by atoms with Gasteiger partial charge in [-0.1, -0.05) is 41.0 Å². The Bertz CT molecular complexity index is 454. The highest BCUT2D eigenvalue weighted by Gasteiger charge is 2.33. The van der Waals surface area contributed by atoms with Crippen LogP contribution >= 0.6 is 0 Å². The summed E-state index contributed by atoms with van der Waals surface area (Å²) in [6.45, 7) is 13.9. The van der Waals surface area contributed by atoms with E-state index in [4.69, 9.17) is 9.73 Å². The van der Waals surface area contributed by atoms with Crippen LogP contribution in [0.1, 0.15) is 54.4 Å². The molecule has 1 saturated heterocycles. The number of nitrogens with zero attached hydrogens (tertiary/aromatic N) is 3. The Labute approximate surface area is 135 Å². The van der Waals surface area contributed by atoms with Crippen molar-refractivity contribution in [1.82, 2.24) is 15.3 Å². The molecule has 0 amide bonds. The van der Waals surface area contributed by atoms with Crippen molar-refractivity contribution in [2.45, 2.75) is 60.4 Å². The average Bonchev–Trinajstić information content (AvgIpc) is 2.93. The van der Waals surface area contributed by atoms with E-state index in [-0.39, 0.29) is 0 Å². The molecule has 1 fully saturated rings. The van der Waals surface area contributed by atoms with Gasteiger partial charge in [-0.05, 0) is 18.9 Å². The molecule has 0 aliphatic carbocycles. The first-order valence-corrected chi connectivity index (χ1v) is 8.59. The van der Waals surface area contributed by atoms with Gasteiger partial charge in [-0.2, -0.15) is 0 Å². The van der Waals surface area contributed by atoms with Gasteiger partial charge in [0.25, 0.3) is 0 Å². The van der Waals surface area contributed by atoms with Gasteiger partial charge in [-0.3, -0.25) is 5.01 Å². The van der Waals surface area contributed by atoms with E-state index in [1.807, 2.05) is 38.9 Å². The number of hydrogen-bond acceptors (Lipinski definition) is 5. The normalized spacial score (nSPS) is 22.2. The van der Waals surface area contributed by atoms with Crippen LogP contribution in [0.3, 0.4) is 0 Å². The van der Waals surface area contributed by atoms with E-state index in [9.17, 15) is 0 Å². The molecule has 0 aromatic rings. The topological polar surface area (TPSA) is 40.1 Å². The zero-order valence-electron chi connectivity index (χ0n) is 15.2. The van der Waals surface area contributed by atoms with Gasteiger partial charge in [0.15, 0.2) is 11.6 Å². The van der Waals surface area contributed by atoms with Gasteiger partial charge in [0, 0.05) is 13.6 Å². The van der Waals surface area contributed by atoms with Crippen molar-refractivity contribution in [1.29, 1.82) is 0 Å². The number of amidine groups is 1. The SMILES string of the molecule is CC.CC.CCCC1COC2=CN3NCC(C)=C3N=C2N1C. The zero-order chi connectivity index (χ0) is 16.7.